The van der Waals surface area contributed by atoms with Gasteiger partial charge in [0.2, 0.25) is 0 Å². The lowest BCUT2D eigenvalue weighted by Crippen LogP contribution is -2.22. The summed E-state index contributed by atoms with van der Waals surface area (Å²) in [5, 5.41) is 5.92. The molecule has 2 rings (SSSR count). The molecule has 0 fully saturated rings. The molecule has 3 nitrogen and oxygen atoms in total. The minimum absolute atomic E-state index is 0.0593. The Morgan fingerprint density at radius 2 is 1.55 bits per heavy atom. The first-order valence-electron chi connectivity index (χ1n) is 7.89. The first kappa shape index (κ1) is 19.7. The van der Waals surface area contributed by atoms with Crippen LogP contribution < -0.4 is 10.6 Å². The number of hydrogen-bond acceptors (Lipinski definition) is 2. The maximum absolute atomic E-state index is 11.9. The molecule has 0 aliphatic carbocycles. The van der Waals surface area contributed by atoms with Gasteiger partial charge in [-0.05, 0) is 23.8 Å². The highest BCUT2D eigenvalue weighted by atomic mass is 16.1. The zero-order valence-corrected chi connectivity index (χ0v) is 14.3. The molecule has 22 heavy (non-hydrogen) atoms. The highest BCUT2D eigenvalue weighted by Crippen LogP contribution is 2.09. The topological polar surface area (TPSA) is 41.1 Å². The van der Waals surface area contributed by atoms with E-state index in [1.807, 2.05) is 83.3 Å². The molecule has 0 aliphatic rings. The maximum atomic E-state index is 11.9. The fraction of sp³-hybridized carbons (Fsp3) is 0.316. The van der Waals surface area contributed by atoms with Crippen molar-refractivity contribution in [3.05, 3.63) is 65.7 Å². The summed E-state index contributed by atoms with van der Waals surface area (Å²) < 4.78 is 0. The first-order valence-corrected chi connectivity index (χ1v) is 7.89. The monoisotopic (exact) mass is 300 g/mol. The molecule has 1 amide bonds. The van der Waals surface area contributed by atoms with E-state index in [1.165, 1.54) is 0 Å². The average molecular weight is 300 g/mol. The van der Waals surface area contributed by atoms with Crippen molar-refractivity contribution < 1.29 is 4.79 Å². The molecule has 0 saturated heterocycles. The van der Waals surface area contributed by atoms with Gasteiger partial charge in [-0.25, -0.2) is 0 Å². The van der Waals surface area contributed by atoms with Gasteiger partial charge in [0.05, 0.1) is 0 Å². The molecule has 2 aromatic carbocycles. The Bertz CT molecular complexity index is 524. The summed E-state index contributed by atoms with van der Waals surface area (Å²) in [5.41, 5.74) is 2.69. The van der Waals surface area contributed by atoms with Gasteiger partial charge in [-0.3, -0.25) is 4.79 Å². The van der Waals surface area contributed by atoms with E-state index in [9.17, 15) is 4.79 Å². The largest absolute Gasteiger partial charge is 0.388 e. The standard InChI is InChI=1S/C15H16N2O.2C2H6/c1-16-14-9-5-8-13(10-14)15(18)17-11-12-6-3-2-4-7-12;2*1-2/h2-10,16H,11H2,1H3,(H,17,18);2*1-2H3. The fourth-order valence-corrected chi connectivity index (χ4v) is 1.70. The molecular formula is C19H28N2O. The summed E-state index contributed by atoms with van der Waals surface area (Å²) in [6.07, 6.45) is 0. The molecule has 0 aliphatic heterocycles. The summed E-state index contributed by atoms with van der Waals surface area (Å²) in [6.45, 7) is 8.55. The van der Waals surface area contributed by atoms with Crippen LogP contribution in [0.2, 0.25) is 0 Å². The molecule has 0 spiro atoms. The normalized spacial score (nSPS) is 8.59. The van der Waals surface area contributed by atoms with Crippen LogP contribution in [0.3, 0.4) is 0 Å². The lowest BCUT2D eigenvalue weighted by atomic mass is 10.1. The second-order valence-electron chi connectivity index (χ2n) is 4.00. The highest BCUT2D eigenvalue weighted by Gasteiger charge is 2.05. The van der Waals surface area contributed by atoms with Crippen LogP contribution >= 0.6 is 0 Å². The Morgan fingerprint density at radius 3 is 2.14 bits per heavy atom. The molecule has 2 aromatic rings. The van der Waals surface area contributed by atoms with Crippen LogP contribution in [0.1, 0.15) is 43.6 Å². The van der Waals surface area contributed by atoms with E-state index in [1.54, 1.807) is 6.07 Å². The van der Waals surface area contributed by atoms with Gasteiger partial charge < -0.3 is 10.6 Å². The minimum atomic E-state index is -0.0593. The second-order valence-corrected chi connectivity index (χ2v) is 4.00. The molecule has 0 saturated carbocycles. The smallest absolute Gasteiger partial charge is 0.251 e. The zero-order valence-electron chi connectivity index (χ0n) is 14.3. The Morgan fingerprint density at radius 1 is 0.909 bits per heavy atom. The second kappa shape index (κ2) is 12.5. The number of nitrogens with one attached hydrogen (secondary N) is 2. The summed E-state index contributed by atoms with van der Waals surface area (Å²) in [4.78, 5) is 11.9. The molecule has 0 aromatic heterocycles. The van der Waals surface area contributed by atoms with Crippen LogP contribution in [-0.2, 0) is 6.54 Å². The highest BCUT2D eigenvalue weighted by molar-refractivity contribution is 5.95. The lowest BCUT2D eigenvalue weighted by Gasteiger charge is -2.07. The number of amides is 1. The number of carbonyl (C=O) groups is 1. The third-order valence-electron chi connectivity index (χ3n) is 2.71. The van der Waals surface area contributed by atoms with Crippen molar-refractivity contribution >= 4 is 11.6 Å². The van der Waals surface area contributed by atoms with Crippen molar-refractivity contribution in [1.82, 2.24) is 5.32 Å². The van der Waals surface area contributed by atoms with E-state index in [2.05, 4.69) is 10.6 Å². The Hall–Kier alpha value is -2.29. The number of carbonyl (C=O) groups excluding carboxylic acids is 1. The van der Waals surface area contributed by atoms with Crippen molar-refractivity contribution in [2.45, 2.75) is 34.2 Å². The molecule has 0 radical (unpaired) electrons. The first-order chi connectivity index (χ1) is 10.8. The van der Waals surface area contributed by atoms with E-state index in [4.69, 9.17) is 0 Å². The van der Waals surface area contributed by atoms with Gasteiger partial charge in [-0.1, -0.05) is 64.1 Å². The molecule has 0 bridgehead atoms. The summed E-state index contributed by atoms with van der Waals surface area (Å²) in [7, 11) is 1.83. The van der Waals surface area contributed by atoms with Gasteiger partial charge in [-0.2, -0.15) is 0 Å². The van der Waals surface area contributed by atoms with E-state index >= 15 is 0 Å². The van der Waals surface area contributed by atoms with E-state index in [0.717, 1.165) is 11.3 Å². The number of anilines is 1. The van der Waals surface area contributed by atoms with Gasteiger partial charge in [-0.15, -0.1) is 0 Å². The van der Waals surface area contributed by atoms with E-state index in [0.29, 0.717) is 12.1 Å². The van der Waals surface area contributed by atoms with Crippen LogP contribution in [0, 0.1) is 0 Å². The van der Waals surface area contributed by atoms with Gasteiger partial charge in [0.25, 0.3) is 5.91 Å². The molecule has 120 valence electrons. The molecular weight excluding hydrogens is 272 g/mol. The van der Waals surface area contributed by atoms with Gasteiger partial charge in [0.15, 0.2) is 0 Å². The minimum Gasteiger partial charge on any atom is -0.388 e. The predicted molar refractivity (Wildman–Crippen MR) is 96.3 cm³/mol. The number of rotatable bonds is 4. The van der Waals surface area contributed by atoms with Crippen LogP contribution in [-0.4, -0.2) is 13.0 Å². The van der Waals surface area contributed by atoms with Crippen LogP contribution in [0.4, 0.5) is 5.69 Å². The van der Waals surface area contributed by atoms with Crippen molar-refractivity contribution in [1.29, 1.82) is 0 Å². The maximum Gasteiger partial charge on any atom is 0.251 e. The van der Waals surface area contributed by atoms with Gasteiger partial charge >= 0.3 is 0 Å². The van der Waals surface area contributed by atoms with Crippen molar-refractivity contribution in [2.24, 2.45) is 0 Å². The quantitative estimate of drug-likeness (QED) is 0.858. The molecule has 0 unspecified atom stereocenters. The summed E-state index contributed by atoms with van der Waals surface area (Å²) in [6, 6.07) is 17.3. The Kier molecular flexibility index (Phi) is 11.2. The van der Waals surface area contributed by atoms with Crippen LogP contribution in [0.15, 0.2) is 54.6 Å². The third kappa shape index (κ3) is 6.93. The van der Waals surface area contributed by atoms with Crippen molar-refractivity contribution in [3.63, 3.8) is 0 Å². The van der Waals surface area contributed by atoms with Crippen LogP contribution in [0.5, 0.6) is 0 Å². The van der Waals surface area contributed by atoms with E-state index < -0.39 is 0 Å². The predicted octanol–water partition coefficient (Wildman–Crippen LogP) is 4.71. The number of hydrogen-bond donors (Lipinski definition) is 2. The van der Waals surface area contributed by atoms with Crippen molar-refractivity contribution in [3.8, 4) is 0 Å². The average Bonchev–Trinajstić information content (AvgIpc) is 2.64. The molecule has 0 heterocycles. The lowest BCUT2D eigenvalue weighted by molar-refractivity contribution is 0.0951. The zero-order chi connectivity index (χ0) is 16.8. The third-order valence-corrected chi connectivity index (χ3v) is 2.71. The van der Waals surface area contributed by atoms with Crippen molar-refractivity contribution in [2.75, 3.05) is 12.4 Å². The Balaban J connectivity index is 0.00000102. The van der Waals surface area contributed by atoms with Gasteiger partial charge in [0, 0.05) is 24.8 Å². The Labute approximate surface area is 134 Å². The number of benzene rings is 2. The van der Waals surface area contributed by atoms with Gasteiger partial charge in [0.1, 0.15) is 0 Å². The summed E-state index contributed by atoms with van der Waals surface area (Å²) >= 11 is 0. The molecule has 3 heteroatoms. The van der Waals surface area contributed by atoms with E-state index in [-0.39, 0.29) is 5.91 Å². The fourth-order valence-electron chi connectivity index (χ4n) is 1.70. The SMILES string of the molecule is CC.CC.CNc1cccc(C(=O)NCc2ccccc2)c1. The van der Waals surface area contributed by atoms with Crippen LogP contribution in [0.25, 0.3) is 0 Å². The molecule has 2 N–H and O–H groups in total. The molecule has 0 atom stereocenters. The summed E-state index contributed by atoms with van der Waals surface area (Å²) in [5.74, 6) is -0.0593.